The minimum atomic E-state index is -4.59. The molecule has 1 N–H and O–H groups in total. The fourth-order valence-electron chi connectivity index (χ4n) is 3.07. The first-order valence-electron chi connectivity index (χ1n) is 8.69. The molecule has 1 unspecified atom stereocenters. The van der Waals surface area contributed by atoms with E-state index < -0.39 is 23.9 Å². The number of carbonyl (C=O) groups is 2. The van der Waals surface area contributed by atoms with Gasteiger partial charge in [-0.1, -0.05) is 0 Å². The fraction of sp³-hybridized carbons (Fsp3) is 0.688. The molecule has 2 aliphatic rings. The van der Waals surface area contributed by atoms with Crippen LogP contribution in [0, 0.1) is 0 Å². The van der Waals surface area contributed by atoms with E-state index in [4.69, 9.17) is 4.74 Å². The number of alkyl halides is 3. The van der Waals surface area contributed by atoms with Crippen molar-refractivity contribution in [2.75, 3.05) is 19.7 Å². The molecule has 2 heterocycles. The molecule has 0 spiro atoms. The van der Waals surface area contributed by atoms with Crippen LogP contribution in [0.15, 0.2) is 6.07 Å². The van der Waals surface area contributed by atoms with Gasteiger partial charge in [-0.25, -0.2) is 4.79 Å². The van der Waals surface area contributed by atoms with E-state index in [0.29, 0.717) is 32.2 Å². The van der Waals surface area contributed by atoms with Gasteiger partial charge in [-0.3, -0.25) is 9.48 Å². The van der Waals surface area contributed by atoms with Crippen LogP contribution in [-0.2, 0) is 10.9 Å². The summed E-state index contributed by atoms with van der Waals surface area (Å²) in [5.74, 6) is -0.491. The van der Waals surface area contributed by atoms with Gasteiger partial charge in [0.15, 0.2) is 5.69 Å². The minimum absolute atomic E-state index is 0.0448. The Morgan fingerprint density at radius 3 is 2.69 bits per heavy atom. The van der Waals surface area contributed by atoms with Gasteiger partial charge in [0.1, 0.15) is 5.69 Å². The fourth-order valence-corrected chi connectivity index (χ4v) is 3.07. The standard InChI is InChI=1S/C16H21F3N4O3/c1-2-26-15(25)20-10-4-3-7-22(9-10)14(24)12-8-13(16(17,18)19)21-23(12)11-5-6-11/h8,10-11H,2-7,9H2,1H3,(H,20,25). The van der Waals surface area contributed by atoms with Crippen LogP contribution in [0.3, 0.4) is 0 Å². The number of nitrogens with one attached hydrogen (secondary N) is 1. The molecule has 7 nitrogen and oxygen atoms in total. The van der Waals surface area contributed by atoms with E-state index in [1.54, 1.807) is 6.92 Å². The molecule has 0 aromatic carbocycles. The minimum Gasteiger partial charge on any atom is -0.450 e. The SMILES string of the molecule is CCOC(=O)NC1CCCN(C(=O)c2cc(C(F)(F)F)nn2C2CC2)C1. The maximum absolute atomic E-state index is 13.0. The third kappa shape index (κ3) is 4.10. The summed E-state index contributed by atoms with van der Waals surface area (Å²) in [5, 5.41) is 6.28. The zero-order valence-corrected chi connectivity index (χ0v) is 14.4. The molecule has 2 fully saturated rings. The molecule has 1 aromatic rings. The van der Waals surface area contributed by atoms with Crippen molar-refractivity contribution in [1.82, 2.24) is 20.0 Å². The largest absolute Gasteiger partial charge is 0.450 e. The van der Waals surface area contributed by atoms with Crippen molar-refractivity contribution >= 4 is 12.0 Å². The number of amides is 2. The van der Waals surface area contributed by atoms with Gasteiger partial charge in [-0.15, -0.1) is 0 Å². The highest BCUT2D eigenvalue weighted by atomic mass is 19.4. The molecule has 1 saturated heterocycles. The summed E-state index contributed by atoms with van der Waals surface area (Å²) < 4.78 is 45.0. The van der Waals surface area contributed by atoms with Crippen molar-refractivity contribution in [3.63, 3.8) is 0 Å². The van der Waals surface area contributed by atoms with Gasteiger partial charge >= 0.3 is 12.3 Å². The Balaban J connectivity index is 1.74. The molecule has 144 valence electrons. The smallest absolute Gasteiger partial charge is 0.435 e. The summed E-state index contributed by atoms with van der Waals surface area (Å²) in [4.78, 5) is 25.8. The first-order valence-corrected chi connectivity index (χ1v) is 8.69. The molecule has 2 amide bonds. The van der Waals surface area contributed by atoms with Gasteiger partial charge in [-0.05, 0) is 32.6 Å². The van der Waals surface area contributed by atoms with Crippen LogP contribution in [0.2, 0.25) is 0 Å². The maximum Gasteiger partial charge on any atom is 0.435 e. The highest BCUT2D eigenvalue weighted by molar-refractivity contribution is 5.93. The van der Waals surface area contributed by atoms with Crippen molar-refractivity contribution in [3.8, 4) is 0 Å². The Labute approximate surface area is 148 Å². The number of hydrogen-bond acceptors (Lipinski definition) is 4. The van der Waals surface area contributed by atoms with Gasteiger partial charge in [0.2, 0.25) is 0 Å². The third-order valence-corrected chi connectivity index (χ3v) is 4.44. The monoisotopic (exact) mass is 374 g/mol. The predicted octanol–water partition coefficient (Wildman–Crippen LogP) is 2.59. The zero-order valence-electron chi connectivity index (χ0n) is 14.4. The van der Waals surface area contributed by atoms with Crippen molar-refractivity contribution in [2.45, 2.75) is 50.9 Å². The van der Waals surface area contributed by atoms with Crippen LogP contribution in [-0.4, -0.2) is 52.4 Å². The van der Waals surface area contributed by atoms with Gasteiger partial charge < -0.3 is 15.0 Å². The molecule has 1 aliphatic carbocycles. The average molecular weight is 374 g/mol. The van der Waals surface area contributed by atoms with Crippen LogP contribution >= 0.6 is 0 Å². The van der Waals surface area contributed by atoms with Gasteiger partial charge in [0, 0.05) is 25.2 Å². The second-order valence-corrected chi connectivity index (χ2v) is 6.54. The van der Waals surface area contributed by atoms with Crippen molar-refractivity contribution in [1.29, 1.82) is 0 Å². The lowest BCUT2D eigenvalue weighted by molar-refractivity contribution is -0.141. The normalized spacial score (nSPS) is 20.8. The molecule has 1 aromatic heterocycles. The lowest BCUT2D eigenvalue weighted by Gasteiger charge is -2.33. The quantitative estimate of drug-likeness (QED) is 0.879. The van der Waals surface area contributed by atoms with E-state index in [2.05, 4.69) is 10.4 Å². The number of ether oxygens (including phenoxy) is 1. The average Bonchev–Trinajstić information content (AvgIpc) is 3.31. The number of aromatic nitrogens is 2. The summed E-state index contributed by atoms with van der Waals surface area (Å²) in [6.07, 6.45) is -2.40. The Hall–Kier alpha value is -2.26. The van der Waals surface area contributed by atoms with Crippen molar-refractivity contribution in [3.05, 3.63) is 17.5 Å². The number of nitrogens with zero attached hydrogens (tertiary/aromatic N) is 3. The highest BCUT2D eigenvalue weighted by Gasteiger charge is 2.40. The van der Waals surface area contributed by atoms with Crippen LogP contribution in [0.5, 0.6) is 0 Å². The Kier molecular flexibility index (Phi) is 5.10. The number of likely N-dealkylation sites (tertiary alicyclic amines) is 1. The second-order valence-electron chi connectivity index (χ2n) is 6.54. The number of halogens is 3. The first kappa shape index (κ1) is 18.5. The summed E-state index contributed by atoms with van der Waals surface area (Å²) in [5.41, 5.74) is -1.09. The molecular weight excluding hydrogens is 353 g/mol. The second kappa shape index (κ2) is 7.16. The molecule has 0 bridgehead atoms. The third-order valence-electron chi connectivity index (χ3n) is 4.44. The number of piperidine rings is 1. The van der Waals surface area contributed by atoms with Crippen LogP contribution in [0.1, 0.15) is 54.8 Å². The summed E-state index contributed by atoms with van der Waals surface area (Å²) in [7, 11) is 0. The topological polar surface area (TPSA) is 76.5 Å². The number of carbonyl (C=O) groups excluding carboxylic acids is 2. The molecule has 0 radical (unpaired) electrons. The molecule has 1 atom stereocenters. The van der Waals surface area contributed by atoms with Gasteiger partial charge in [-0.2, -0.15) is 18.3 Å². The van der Waals surface area contributed by atoms with Crippen LogP contribution in [0.25, 0.3) is 0 Å². The molecule has 1 saturated carbocycles. The van der Waals surface area contributed by atoms with E-state index in [1.165, 1.54) is 9.58 Å². The molecule has 1 aliphatic heterocycles. The lowest BCUT2D eigenvalue weighted by atomic mass is 10.1. The number of alkyl carbamates (subject to hydrolysis) is 1. The predicted molar refractivity (Wildman–Crippen MR) is 84.6 cm³/mol. The Morgan fingerprint density at radius 1 is 1.35 bits per heavy atom. The Bertz CT molecular complexity index is 685. The molecular formula is C16H21F3N4O3. The van der Waals surface area contributed by atoms with Crippen LogP contribution in [0.4, 0.5) is 18.0 Å². The van der Waals surface area contributed by atoms with Crippen LogP contribution < -0.4 is 5.32 Å². The van der Waals surface area contributed by atoms with E-state index in [9.17, 15) is 22.8 Å². The zero-order chi connectivity index (χ0) is 18.9. The van der Waals surface area contributed by atoms with E-state index in [-0.39, 0.29) is 30.9 Å². The Morgan fingerprint density at radius 2 is 2.08 bits per heavy atom. The highest BCUT2D eigenvalue weighted by Crippen LogP contribution is 2.38. The number of rotatable bonds is 4. The maximum atomic E-state index is 13.0. The summed E-state index contributed by atoms with van der Waals surface area (Å²) >= 11 is 0. The molecule has 26 heavy (non-hydrogen) atoms. The lowest BCUT2D eigenvalue weighted by Crippen LogP contribution is -2.50. The van der Waals surface area contributed by atoms with Gasteiger partial charge in [0.25, 0.3) is 5.91 Å². The van der Waals surface area contributed by atoms with Crippen molar-refractivity contribution in [2.24, 2.45) is 0 Å². The van der Waals surface area contributed by atoms with E-state index >= 15 is 0 Å². The molecule has 10 heteroatoms. The van der Waals surface area contributed by atoms with E-state index in [1.807, 2.05) is 0 Å². The molecule has 3 rings (SSSR count). The first-order chi connectivity index (χ1) is 12.3. The van der Waals surface area contributed by atoms with Crippen molar-refractivity contribution < 1.29 is 27.5 Å². The summed E-state index contributed by atoms with van der Waals surface area (Å²) in [6.45, 7) is 2.58. The van der Waals surface area contributed by atoms with E-state index in [0.717, 1.165) is 6.07 Å². The van der Waals surface area contributed by atoms with Gasteiger partial charge in [0.05, 0.1) is 12.6 Å². The summed E-state index contributed by atoms with van der Waals surface area (Å²) in [6, 6.07) is 0.387. The number of hydrogen-bond donors (Lipinski definition) is 1.